The van der Waals surface area contributed by atoms with Gasteiger partial charge < -0.3 is 9.47 Å². The lowest BCUT2D eigenvalue weighted by atomic mass is 10.1. The predicted octanol–water partition coefficient (Wildman–Crippen LogP) is 3.26. The molecule has 106 valence electrons. The molecule has 3 rings (SSSR count). The summed E-state index contributed by atoms with van der Waals surface area (Å²) >= 11 is 3.43. The molecule has 0 atom stereocenters. The number of fused-ring (bicyclic) bond motifs is 1. The molecule has 4 nitrogen and oxygen atoms in total. The summed E-state index contributed by atoms with van der Waals surface area (Å²) < 4.78 is 3.28. The van der Waals surface area contributed by atoms with Crippen molar-refractivity contribution in [2.24, 2.45) is 7.05 Å². The van der Waals surface area contributed by atoms with Crippen molar-refractivity contribution in [2.45, 2.75) is 32.7 Å². The molecular formula is C15H19BrN4. The molecule has 0 fully saturated rings. The van der Waals surface area contributed by atoms with Gasteiger partial charge in [0, 0.05) is 42.3 Å². The van der Waals surface area contributed by atoms with E-state index in [1.165, 1.54) is 17.2 Å². The Balaban J connectivity index is 1.88. The van der Waals surface area contributed by atoms with Crippen LogP contribution in [0.25, 0.3) is 0 Å². The monoisotopic (exact) mass is 334 g/mol. The van der Waals surface area contributed by atoms with Crippen molar-refractivity contribution in [1.82, 2.24) is 14.5 Å². The van der Waals surface area contributed by atoms with E-state index >= 15 is 0 Å². The number of nitrogens with zero attached hydrogens (tertiary/aromatic N) is 4. The number of hydrogen-bond donors (Lipinski definition) is 0. The van der Waals surface area contributed by atoms with Gasteiger partial charge in [-0.2, -0.15) is 0 Å². The Kier molecular flexibility index (Phi) is 3.54. The maximum Gasteiger partial charge on any atom is 0.128 e. The van der Waals surface area contributed by atoms with Gasteiger partial charge >= 0.3 is 0 Å². The van der Waals surface area contributed by atoms with Crippen LogP contribution in [0, 0.1) is 0 Å². The van der Waals surface area contributed by atoms with Crippen LogP contribution in [0.2, 0.25) is 0 Å². The Labute approximate surface area is 128 Å². The van der Waals surface area contributed by atoms with Gasteiger partial charge in [-0.05, 0) is 28.1 Å². The van der Waals surface area contributed by atoms with Crippen molar-refractivity contribution in [1.29, 1.82) is 0 Å². The Morgan fingerprint density at radius 3 is 2.75 bits per heavy atom. The molecule has 5 heteroatoms. The van der Waals surface area contributed by atoms with Crippen LogP contribution in [0.3, 0.4) is 0 Å². The van der Waals surface area contributed by atoms with Gasteiger partial charge in [0.15, 0.2) is 0 Å². The van der Waals surface area contributed by atoms with Crippen LogP contribution in [-0.4, -0.2) is 21.1 Å². The fourth-order valence-corrected chi connectivity index (χ4v) is 3.05. The van der Waals surface area contributed by atoms with Crippen LogP contribution < -0.4 is 4.90 Å². The largest absolute Gasteiger partial charge is 0.350 e. The summed E-state index contributed by atoms with van der Waals surface area (Å²) in [4.78, 5) is 11.6. The van der Waals surface area contributed by atoms with Crippen molar-refractivity contribution >= 4 is 21.7 Å². The van der Waals surface area contributed by atoms with Crippen molar-refractivity contribution in [2.75, 3.05) is 11.4 Å². The normalized spacial score (nSPS) is 14.8. The molecule has 2 aromatic heterocycles. The molecule has 0 saturated carbocycles. The zero-order valence-electron chi connectivity index (χ0n) is 12.1. The maximum atomic E-state index is 4.83. The highest BCUT2D eigenvalue weighted by atomic mass is 79.9. The van der Waals surface area contributed by atoms with Crippen LogP contribution in [-0.2, 0) is 20.0 Å². The maximum absolute atomic E-state index is 4.83. The van der Waals surface area contributed by atoms with E-state index in [9.17, 15) is 0 Å². The van der Waals surface area contributed by atoms with Crippen LogP contribution >= 0.6 is 15.9 Å². The van der Waals surface area contributed by atoms with E-state index in [0.29, 0.717) is 5.92 Å². The second-order valence-corrected chi connectivity index (χ2v) is 6.50. The summed E-state index contributed by atoms with van der Waals surface area (Å²) in [6.45, 7) is 6.24. The van der Waals surface area contributed by atoms with E-state index in [2.05, 4.69) is 57.3 Å². The quantitative estimate of drug-likeness (QED) is 0.845. The SMILES string of the molecule is CC(C)c1nc2c(n1C)CCN(c1ccc(Br)cn1)C2. The first-order chi connectivity index (χ1) is 9.56. The highest BCUT2D eigenvalue weighted by Gasteiger charge is 2.24. The number of anilines is 1. The standard InChI is InChI=1S/C15H19BrN4/c1-10(2)15-18-12-9-20(7-6-13(12)19(15)3)14-5-4-11(16)8-17-14/h4-5,8,10H,6-7,9H2,1-3H3. The minimum absolute atomic E-state index is 0.463. The van der Waals surface area contributed by atoms with Gasteiger partial charge in [-0.3, -0.25) is 0 Å². The lowest BCUT2D eigenvalue weighted by Crippen LogP contribution is -2.31. The van der Waals surface area contributed by atoms with E-state index in [1.54, 1.807) is 0 Å². The topological polar surface area (TPSA) is 34.0 Å². The number of hydrogen-bond acceptors (Lipinski definition) is 3. The fourth-order valence-electron chi connectivity index (χ4n) is 2.82. The Morgan fingerprint density at radius 2 is 2.10 bits per heavy atom. The average Bonchev–Trinajstić information content (AvgIpc) is 2.77. The van der Waals surface area contributed by atoms with Gasteiger partial charge in [0.1, 0.15) is 11.6 Å². The second-order valence-electron chi connectivity index (χ2n) is 5.58. The zero-order valence-corrected chi connectivity index (χ0v) is 13.7. The molecule has 3 heterocycles. The summed E-state index contributed by atoms with van der Waals surface area (Å²) in [5.41, 5.74) is 2.58. The number of rotatable bonds is 2. The molecule has 0 radical (unpaired) electrons. The number of halogens is 1. The number of aromatic nitrogens is 3. The van der Waals surface area contributed by atoms with Gasteiger partial charge in [0.2, 0.25) is 0 Å². The van der Waals surface area contributed by atoms with Gasteiger partial charge in [-0.25, -0.2) is 9.97 Å². The fraction of sp³-hybridized carbons (Fsp3) is 0.467. The molecule has 2 aromatic rings. The van der Waals surface area contributed by atoms with Gasteiger partial charge in [0.25, 0.3) is 0 Å². The summed E-state index contributed by atoms with van der Waals surface area (Å²) in [7, 11) is 2.13. The van der Waals surface area contributed by atoms with Crippen molar-refractivity contribution < 1.29 is 0 Å². The summed E-state index contributed by atoms with van der Waals surface area (Å²) in [6.07, 6.45) is 2.88. The first kappa shape index (κ1) is 13.6. The van der Waals surface area contributed by atoms with Gasteiger partial charge in [-0.15, -0.1) is 0 Å². The van der Waals surface area contributed by atoms with Gasteiger partial charge in [0.05, 0.1) is 12.2 Å². The third kappa shape index (κ3) is 2.35. The summed E-state index contributed by atoms with van der Waals surface area (Å²) in [5, 5.41) is 0. The highest BCUT2D eigenvalue weighted by Crippen LogP contribution is 2.26. The zero-order chi connectivity index (χ0) is 14.3. The van der Waals surface area contributed by atoms with Crippen molar-refractivity contribution in [3.63, 3.8) is 0 Å². The Hall–Kier alpha value is -1.36. The van der Waals surface area contributed by atoms with Gasteiger partial charge in [-0.1, -0.05) is 13.8 Å². The van der Waals surface area contributed by atoms with Crippen LogP contribution in [0.5, 0.6) is 0 Å². The molecule has 1 aliphatic rings. The molecule has 20 heavy (non-hydrogen) atoms. The van der Waals surface area contributed by atoms with Crippen molar-refractivity contribution in [3.05, 3.63) is 40.0 Å². The molecule has 0 aliphatic carbocycles. The minimum Gasteiger partial charge on any atom is -0.350 e. The molecule has 0 unspecified atom stereocenters. The Morgan fingerprint density at radius 1 is 1.30 bits per heavy atom. The second kappa shape index (κ2) is 5.20. The van der Waals surface area contributed by atoms with E-state index in [0.717, 1.165) is 29.8 Å². The Bertz CT molecular complexity index is 616. The number of pyridine rings is 1. The van der Waals surface area contributed by atoms with Crippen LogP contribution in [0.1, 0.15) is 37.0 Å². The van der Waals surface area contributed by atoms with E-state index < -0.39 is 0 Å². The van der Waals surface area contributed by atoms with Crippen LogP contribution in [0.4, 0.5) is 5.82 Å². The lowest BCUT2D eigenvalue weighted by molar-refractivity contribution is 0.659. The molecule has 0 N–H and O–H groups in total. The molecule has 0 bridgehead atoms. The van der Waals surface area contributed by atoms with E-state index in [1.807, 2.05) is 12.3 Å². The van der Waals surface area contributed by atoms with Crippen molar-refractivity contribution in [3.8, 4) is 0 Å². The third-order valence-electron chi connectivity index (χ3n) is 3.84. The molecule has 0 aromatic carbocycles. The molecule has 0 spiro atoms. The third-order valence-corrected chi connectivity index (χ3v) is 4.31. The predicted molar refractivity (Wildman–Crippen MR) is 84.0 cm³/mol. The van der Waals surface area contributed by atoms with Crippen LogP contribution in [0.15, 0.2) is 22.8 Å². The minimum atomic E-state index is 0.463. The molecule has 0 amide bonds. The average molecular weight is 335 g/mol. The number of imidazole rings is 1. The van der Waals surface area contributed by atoms with E-state index in [-0.39, 0.29) is 0 Å². The molecule has 0 saturated heterocycles. The lowest BCUT2D eigenvalue weighted by Gasteiger charge is -2.27. The molecular weight excluding hydrogens is 316 g/mol. The molecule has 1 aliphatic heterocycles. The van der Waals surface area contributed by atoms with E-state index in [4.69, 9.17) is 4.98 Å². The first-order valence-corrected chi connectivity index (χ1v) is 7.76. The highest BCUT2D eigenvalue weighted by molar-refractivity contribution is 9.10. The first-order valence-electron chi connectivity index (χ1n) is 6.97. The summed E-state index contributed by atoms with van der Waals surface area (Å²) in [5.74, 6) is 2.67. The summed E-state index contributed by atoms with van der Waals surface area (Å²) in [6, 6.07) is 4.09. The smallest absolute Gasteiger partial charge is 0.128 e.